The summed E-state index contributed by atoms with van der Waals surface area (Å²) in [6.07, 6.45) is 17.6. The van der Waals surface area contributed by atoms with E-state index in [1.165, 1.54) is 51.4 Å². The van der Waals surface area contributed by atoms with Gasteiger partial charge >= 0.3 is 0 Å². The van der Waals surface area contributed by atoms with Crippen LogP contribution in [-0.2, 0) is 0 Å². The Bertz CT molecular complexity index is 116. The van der Waals surface area contributed by atoms with E-state index in [1.807, 2.05) is 0 Å². The van der Waals surface area contributed by atoms with Crippen molar-refractivity contribution in [3.63, 3.8) is 0 Å². The van der Waals surface area contributed by atoms with E-state index in [1.54, 1.807) is 25.3 Å². The third-order valence-corrected chi connectivity index (χ3v) is 4.68. The largest absolute Gasteiger partial charge is 0.178 e. The van der Waals surface area contributed by atoms with Crippen molar-refractivity contribution in [3.05, 3.63) is 0 Å². The molecule has 0 aliphatic heterocycles. The number of hydrogen-bond acceptors (Lipinski definition) is 0. The predicted molar refractivity (Wildman–Crippen MR) is 84.6 cm³/mol. The van der Waals surface area contributed by atoms with E-state index >= 15 is 0 Å². The van der Waals surface area contributed by atoms with Gasteiger partial charge in [0.05, 0.1) is 0 Å². The fourth-order valence-electron chi connectivity index (χ4n) is 3.41. The van der Waals surface area contributed by atoms with E-state index < -0.39 is 0 Å². The third-order valence-electron chi connectivity index (χ3n) is 4.68. The molecule has 0 aliphatic rings. The molecule has 0 aromatic carbocycles. The maximum Gasteiger partial charge on any atom is 0.000746 e. The van der Waals surface area contributed by atoms with Crippen molar-refractivity contribution >= 4 is 6.15 Å². The zero-order valence-corrected chi connectivity index (χ0v) is 13.1. The molecule has 1 heteroatoms. The standard InChI is InChI=1S/C16H36B/c1-5-9-13-17(14-10-6-2,15-11-7-3)16-12-8-4/h5-16H2,1-4H3/q-1. The van der Waals surface area contributed by atoms with Gasteiger partial charge in [0.25, 0.3) is 0 Å². The zero-order chi connectivity index (χ0) is 13.0. The summed E-state index contributed by atoms with van der Waals surface area (Å²) in [5.74, 6) is 0. The molecule has 0 unspecified atom stereocenters. The van der Waals surface area contributed by atoms with Crippen LogP contribution in [0.15, 0.2) is 0 Å². The third kappa shape index (κ3) is 7.89. The van der Waals surface area contributed by atoms with Crippen molar-refractivity contribution in [2.45, 2.75) is 104 Å². The first kappa shape index (κ1) is 17.1. The van der Waals surface area contributed by atoms with Crippen LogP contribution in [0.5, 0.6) is 0 Å². The molecule has 0 radical (unpaired) electrons. The van der Waals surface area contributed by atoms with E-state index in [0.29, 0.717) is 0 Å². The Morgan fingerprint density at radius 2 is 0.706 bits per heavy atom. The highest BCUT2D eigenvalue weighted by Crippen LogP contribution is 2.33. The molecule has 0 spiro atoms. The van der Waals surface area contributed by atoms with Crippen molar-refractivity contribution in [3.8, 4) is 0 Å². The van der Waals surface area contributed by atoms with Crippen LogP contribution < -0.4 is 0 Å². The van der Waals surface area contributed by atoms with Crippen LogP contribution in [0.4, 0.5) is 0 Å². The van der Waals surface area contributed by atoms with E-state index in [2.05, 4.69) is 27.7 Å². The average Bonchev–Trinajstić information content (AvgIpc) is 2.37. The molecule has 0 aliphatic carbocycles. The van der Waals surface area contributed by atoms with Crippen LogP contribution in [0.1, 0.15) is 79.1 Å². The van der Waals surface area contributed by atoms with Gasteiger partial charge in [-0.05, 0) is 0 Å². The van der Waals surface area contributed by atoms with Gasteiger partial charge in [-0.3, -0.25) is 0 Å². The first-order valence-corrected chi connectivity index (χ1v) is 8.46. The normalized spacial score (nSPS) is 12.0. The second-order valence-corrected chi connectivity index (χ2v) is 6.30. The lowest BCUT2D eigenvalue weighted by molar-refractivity contribution is 0.762. The molecule has 0 saturated heterocycles. The van der Waals surface area contributed by atoms with Gasteiger partial charge in [-0.2, -0.15) is 25.3 Å². The van der Waals surface area contributed by atoms with Crippen LogP contribution in [0.3, 0.4) is 0 Å². The molecule has 0 N–H and O–H groups in total. The van der Waals surface area contributed by atoms with Crippen molar-refractivity contribution < 1.29 is 0 Å². The Kier molecular flexibility index (Phi) is 11.2. The molecule has 0 fully saturated rings. The van der Waals surface area contributed by atoms with Crippen molar-refractivity contribution in [1.82, 2.24) is 0 Å². The highest BCUT2D eigenvalue weighted by Gasteiger charge is 2.22. The van der Waals surface area contributed by atoms with Gasteiger partial charge < -0.3 is 0 Å². The number of rotatable bonds is 12. The molecule has 0 aromatic rings. The first-order chi connectivity index (χ1) is 8.24. The molecule has 0 rings (SSSR count). The molecule has 0 atom stereocenters. The fourth-order valence-corrected chi connectivity index (χ4v) is 3.41. The second kappa shape index (κ2) is 11.2. The highest BCUT2D eigenvalue weighted by molar-refractivity contribution is 6.79. The summed E-state index contributed by atoms with van der Waals surface area (Å²) in [5.41, 5.74) is 0. The van der Waals surface area contributed by atoms with Gasteiger partial charge in [0.15, 0.2) is 0 Å². The molecule has 0 bridgehead atoms. The van der Waals surface area contributed by atoms with Gasteiger partial charge in [0.1, 0.15) is 0 Å². The number of hydrogen-bond donors (Lipinski definition) is 0. The molecular weight excluding hydrogens is 203 g/mol. The Labute approximate surface area is 111 Å². The van der Waals surface area contributed by atoms with Crippen LogP contribution in [0, 0.1) is 0 Å². The minimum atomic E-state index is -0.00722. The Morgan fingerprint density at radius 3 is 0.882 bits per heavy atom. The van der Waals surface area contributed by atoms with E-state index in [9.17, 15) is 0 Å². The maximum absolute atomic E-state index is 2.35. The molecule has 104 valence electrons. The summed E-state index contributed by atoms with van der Waals surface area (Å²) in [6.45, 7) is 9.39. The molecule has 0 saturated carbocycles. The van der Waals surface area contributed by atoms with Gasteiger partial charge in [0, 0.05) is 6.15 Å². The second-order valence-electron chi connectivity index (χ2n) is 6.30. The summed E-state index contributed by atoms with van der Waals surface area (Å²) in [4.78, 5) is 0. The summed E-state index contributed by atoms with van der Waals surface area (Å²) in [6, 6.07) is 0. The van der Waals surface area contributed by atoms with Gasteiger partial charge in [0.2, 0.25) is 0 Å². The molecule has 0 heterocycles. The minimum absolute atomic E-state index is 0.00722. The first-order valence-electron chi connectivity index (χ1n) is 8.46. The lowest BCUT2D eigenvalue weighted by atomic mass is 9.17. The van der Waals surface area contributed by atoms with Gasteiger partial charge in [-0.25, -0.2) is 0 Å². The van der Waals surface area contributed by atoms with E-state index in [-0.39, 0.29) is 6.15 Å². The summed E-state index contributed by atoms with van der Waals surface area (Å²) in [5, 5.41) is 0. The highest BCUT2D eigenvalue weighted by atomic mass is 14.0. The minimum Gasteiger partial charge on any atom is -0.178 e. The van der Waals surface area contributed by atoms with Crippen LogP contribution in [0.2, 0.25) is 25.3 Å². The van der Waals surface area contributed by atoms with Gasteiger partial charge in [-0.15, -0.1) is 0 Å². The molecule has 0 aromatic heterocycles. The Morgan fingerprint density at radius 1 is 0.471 bits per heavy atom. The van der Waals surface area contributed by atoms with Crippen LogP contribution in [-0.4, -0.2) is 6.15 Å². The zero-order valence-electron chi connectivity index (χ0n) is 13.1. The van der Waals surface area contributed by atoms with Crippen LogP contribution in [0.25, 0.3) is 0 Å². The predicted octanol–water partition coefficient (Wildman–Crippen LogP) is 6.64. The van der Waals surface area contributed by atoms with E-state index in [0.717, 1.165) is 0 Å². The lowest BCUT2D eigenvalue weighted by Gasteiger charge is -2.40. The number of unbranched alkanes of at least 4 members (excludes halogenated alkanes) is 4. The monoisotopic (exact) mass is 239 g/mol. The maximum atomic E-state index is 2.35. The summed E-state index contributed by atoms with van der Waals surface area (Å²) in [7, 11) is 0. The van der Waals surface area contributed by atoms with Crippen molar-refractivity contribution in [1.29, 1.82) is 0 Å². The SMILES string of the molecule is CCCC[B-](CCCC)(CCCC)CCCC. The smallest absolute Gasteiger partial charge is 0.000746 e. The Hall–Kier alpha value is 0.0649. The topological polar surface area (TPSA) is 0 Å². The van der Waals surface area contributed by atoms with Crippen molar-refractivity contribution in [2.75, 3.05) is 0 Å². The molecular formula is C16H36B-. The summed E-state index contributed by atoms with van der Waals surface area (Å²) < 4.78 is 0. The Balaban J connectivity index is 4.39. The molecule has 0 amide bonds. The van der Waals surface area contributed by atoms with Gasteiger partial charge in [-0.1, -0.05) is 79.1 Å². The lowest BCUT2D eigenvalue weighted by Crippen LogP contribution is -2.33. The quantitative estimate of drug-likeness (QED) is 0.335. The summed E-state index contributed by atoms with van der Waals surface area (Å²) >= 11 is 0. The van der Waals surface area contributed by atoms with Crippen molar-refractivity contribution in [2.24, 2.45) is 0 Å². The average molecular weight is 239 g/mol. The van der Waals surface area contributed by atoms with Crippen LogP contribution >= 0.6 is 0 Å². The molecule has 0 nitrogen and oxygen atoms in total. The molecule has 17 heavy (non-hydrogen) atoms. The fraction of sp³-hybridized carbons (Fsp3) is 1.00. The van der Waals surface area contributed by atoms with E-state index in [4.69, 9.17) is 0 Å².